The van der Waals surface area contributed by atoms with E-state index in [1.807, 2.05) is 13.1 Å². The van der Waals surface area contributed by atoms with Gasteiger partial charge in [-0.25, -0.2) is 0 Å². The molecule has 0 aliphatic rings. The van der Waals surface area contributed by atoms with Crippen LogP contribution in [0.15, 0.2) is 17.5 Å². The van der Waals surface area contributed by atoms with Gasteiger partial charge in [0.1, 0.15) is 0 Å². The molecule has 11 heavy (non-hydrogen) atoms. The highest BCUT2D eigenvalue weighted by molar-refractivity contribution is 7.09. The van der Waals surface area contributed by atoms with Crippen LogP contribution in [-0.2, 0) is 6.54 Å². The van der Waals surface area contributed by atoms with Gasteiger partial charge in [-0.05, 0) is 18.5 Å². The van der Waals surface area contributed by atoms with Crippen molar-refractivity contribution in [2.45, 2.75) is 6.54 Å². The molecular weight excluding hydrogens is 158 g/mol. The van der Waals surface area contributed by atoms with Crippen LogP contribution < -0.4 is 0 Å². The minimum absolute atomic E-state index is 0.238. The van der Waals surface area contributed by atoms with E-state index in [2.05, 4.69) is 16.3 Å². The lowest BCUT2D eigenvalue weighted by Gasteiger charge is -2.12. The molecule has 1 aromatic rings. The van der Waals surface area contributed by atoms with Gasteiger partial charge < -0.3 is 5.11 Å². The second kappa shape index (κ2) is 4.49. The summed E-state index contributed by atoms with van der Waals surface area (Å²) in [5.74, 6) is 0. The van der Waals surface area contributed by atoms with Crippen molar-refractivity contribution in [2.75, 3.05) is 20.2 Å². The number of aliphatic hydroxyl groups is 1. The lowest BCUT2D eigenvalue weighted by molar-refractivity contribution is 0.218. The Morgan fingerprint density at radius 1 is 1.64 bits per heavy atom. The van der Waals surface area contributed by atoms with Crippen LogP contribution in [0.2, 0.25) is 0 Å². The Morgan fingerprint density at radius 2 is 2.45 bits per heavy atom. The second-order valence-electron chi connectivity index (χ2n) is 2.54. The Morgan fingerprint density at radius 3 is 3.00 bits per heavy atom. The van der Waals surface area contributed by atoms with Crippen molar-refractivity contribution in [3.63, 3.8) is 0 Å². The molecule has 0 saturated heterocycles. The van der Waals surface area contributed by atoms with Crippen molar-refractivity contribution in [1.29, 1.82) is 0 Å². The molecule has 0 atom stereocenters. The summed E-state index contributed by atoms with van der Waals surface area (Å²) >= 11 is 1.75. The fourth-order valence-corrected chi connectivity index (χ4v) is 1.70. The SMILES string of the molecule is CN(CCO)Cc1cccs1. The lowest BCUT2D eigenvalue weighted by atomic mass is 10.4. The number of rotatable bonds is 4. The van der Waals surface area contributed by atoms with Gasteiger partial charge in [0.15, 0.2) is 0 Å². The van der Waals surface area contributed by atoms with E-state index in [1.54, 1.807) is 11.3 Å². The van der Waals surface area contributed by atoms with Gasteiger partial charge in [0, 0.05) is 18.0 Å². The summed E-state index contributed by atoms with van der Waals surface area (Å²) in [6.07, 6.45) is 0. The number of hydrogen-bond donors (Lipinski definition) is 1. The minimum Gasteiger partial charge on any atom is -0.395 e. The first-order chi connectivity index (χ1) is 5.33. The van der Waals surface area contributed by atoms with Crippen LogP contribution in [0.5, 0.6) is 0 Å². The highest BCUT2D eigenvalue weighted by atomic mass is 32.1. The van der Waals surface area contributed by atoms with Crippen LogP contribution in [0, 0.1) is 0 Å². The lowest BCUT2D eigenvalue weighted by Crippen LogP contribution is -2.20. The predicted octanol–water partition coefficient (Wildman–Crippen LogP) is 1.17. The molecule has 0 unspecified atom stereocenters. The van der Waals surface area contributed by atoms with Crippen molar-refractivity contribution in [3.8, 4) is 0 Å². The molecule has 0 aliphatic carbocycles. The molecule has 0 fully saturated rings. The maximum Gasteiger partial charge on any atom is 0.0558 e. The van der Waals surface area contributed by atoms with Crippen LogP contribution >= 0.6 is 11.3 Å². The number of hydrogen-bond acceptors (Lipinski definition) is 3. The Labute approximate surface area is 71.1 Å². The third-order valence-electron chi connectivity index (χ3n) is 1.49. The molecule has 1 aromatic heterocycles. The molecule has 0 amide bonds. The average molecular weight is 171 g/mol. The van der Waals surface area contributed by atoms with Crippen LogP contribution in [0.4, 0.5) is 0 Å². The predicted molar refractivity (Wildman–Crippen MR) is 47.7 cm³/mol. The van der Waals surface area contributed by atoms with Crippen molar-refractivity contribution >= 4 is 11.3 Å². The standard InChI is InChI=1S/C8H13NOS/c1-9(4-5-10)7-8-3-2-6-11-8/h2-3,6,10H,4-5,7H2,1H3. The van der Waals surface area contributed by atoms with E-state index >= 15 is 0 Å². The zero-order valence-electron chi connectivity index (χ0n) is 6.66. The third kappa shape index (κ3) is 3.01. The van der Waals surface area contributed by atoms with Crippen molar-refractivity contribution < 1.29 is 5.11 Å². The normalized spacial score (nSPS) is 10.8. The van der Waals surface area contributed by atoms with Gasteiger partial charge >= 0.3 is 0 Å². The zero-order valence-corrected chi connectivity index (χ0v) is 7.47. The number of aliphatic hydroxyl groups excluding tert-OH is 1. The average Bonchev–Trinajstić information content (AvgIpc) is 2.40. The zero-order chi connectivity index (χ0) is 8.10. The minimum atomic E-state index is 0.238. The third-order valence-corrected chi connectivity index (χ3v) is 2.35. The Kier molecular flexibility index (Phi) is 3.56. The Bertz CT molecular complexity index is 186. The molecule has 0 spiro atoms. The summed E-state index contributed by atoms with van der Waals surface area (Å²) in [4.78, 5) is 3.45. The largest absolute Gasteiger partial charge is 0.395 e. The van der Waals surface area contributed by atoms with Gasteiger partial charge in [-0.1, -0.05) is 6.07 Å². The van der Waals surface area contributed by atoms with E-state index in [4.69, 9.17) is 5.11 Å². The molecule has 0 aliphatic heterocycles. The Hall–Kier alpha value is -0.380. The molecule has 2 nitrogen and oxygen atoms in total. The fourth-order valence-electron chi connectivity index (χ4n) is 0.918. The van der Waals surface area contributed by atoms with Gasteiger partial charge in [-0.15, -0.1) is 11.3 Å². The number of nitrogens with zero attached hydrogens (tertiary/aromatic N) is 1. The first kappa shape index (κ1) is 8.71. The van der Waals surface area contributed by atoms with Gasteiger partial charge in [0.05, 0.1) is 6.61 Å². The smallest absolute Gasteiger partial charge is 0.0558 e. The van der Waals surface area contributed by atoms with E-state index < -0.39 is 0 Å². The van der Waals surface area contributed by atoms with E-state index in [-0.39, 0.29) is 6.61 Å². The molecule has 0 aromatic carbocycles. The van der Waals surface area contributed by atoms with Gasteiger partial charge in [-0.3, -0.25) is 4.90 Å². The summed E-state index contributed by atoms with van der Waals surface area (Å²) < 4.78 is 0. The van der Waals surface area contributed by atoms with Crippen LogP contribution in [0.3, 0.4) is 0 Å². The van der Waals surface area contributed by atoms with Crippen molar-refractivity contribution in [2.24, 2.45) is 0 Å². The van der Waals surface area contributed by atoms with Crippen molar-refractivity contribution in [3.05, 3.63) is 22.4 Å². The van der Waals surface area contributed by atoms with E-state index in [9.17, 15) is 0 Å². The highest BCUT2D eigenvalue weighted by Gasteiger charge is 1.98. The topological polar surface area (TPSA) is 23.5 Å². The first-order valence-electron chi connectivity index (χ1n) is 3.64. The highest BCUT2D eigenvalue weighted by Crippen LogP contribution is 2.09. The van der Waals surface area contributed by atoms with Crippen molar-refractivity contribution in [1.82, 2.24) is 4.90 Å². The molecule has 0 radical (unpaired) electrons. The summed E-state index contributed by atoms with van der Waals surface area (Å²) in [7, 11) is 2.01. The number of thiophene rings is 1. The molecule has 0 saturated carbocycles. The quantitative estimate of drug-likeness (QED) is 0.735. The molecule has 62 valence electrons. The summed E-state index contributed by atoms with van der Waals surface area (Å²) in [5.41, 5.74) is 0. The summed E-state index contributed by atoms with van der Waals surface area (Å²) in [6.45, 7) is 1.93. The maximum atomic E-state index is 8.63. The van der Waals surface area contributed by atoms with Crippen LogP contribution in [0.25, 0.3) is 0 Å². The molecule has 1 heterocycles. The molecular formula is C8H13NOS. The Balaban J connectivity index is 2.31. The van der Waals surface area contributed by atoms with E-state index in [1.165, 1.54) is 4.88 Å². The van der Waals surface area contributed by atoms with Crippen LogP contribution in [-0.4, -0.2) is 30.2 Å². The summed E-state index contributed by atoms with van der Waals surface area (Å²) in [6, 6.07) is 4.16. The molecule has 3 heteroatoms. The maximum absolute atomic E-state index is 8.63. The van der Waals surface area contributed by atoms with Gasteiger partial charge in [0.2, 0.25) is 0 Å². The molecule has 1 rings (SSSR count). The van der Waals surface area contributed by atoms with Gasteiger partial charge in [-0.2, -0.15) is 0 Å². The molecule has 1 N–H and O–H groups in total. The molecule has 0 bridgehead atoms. The summed E-state index contributed by atoms with van der Waals surface area (Å²) in [5, 5.41) is 10.7. The van der Waals surface area contributed by atoms with Crippen LogP contribution in [0.1, 0.15) is 4.88 Å². The second-order valence-corrected chi connectivity index (χ2v) is 3.57. The van der Waals surface area contributed by atoms with Gasteiger partial charge in [0.25, 0.3) is 0 Å². The van der Waals surface area contributed by atoms with E-state index in [0.29, 0.717) is 0 Å². The van der Waals surface area contributed by atoms with E-state index in [0.717, 1.165) is 13.1 Å². The monoisotopic (exact) mass is 171 g/mol. The number of likely N-dealkylation sites (N-methyl/N-ethyl adjacent to an activating group) is 1. The fraction of sp³-hybridized carbons (Fsp3) is 0.500. The first-order valence-corrected chi connectivity index (χ1v) is 4.52.